The topological polar surface area (TPSA) is 83.6 Å². The van der Waals surface area contributed by atoms with Crippen molar-refractivity contribution in [1.29, 1.82) is 0 Å². The van der Waals surface area contributed by atoms with Crippen molar-refractivity contribution in [2.75, 3.05) is 11.4 Å². The van der Waals surface area contributed by atoms with Crippen LogP contribution in [-0.2, 0) is 4.79 Å². The first-order valence-corrected chi connectivity index (χ1v) is 6.80. The first-order chi connectivity index (χ1) is 9.40. The summed E-state index contributed by atoms with van der Waals surface area (Å²) in [6.07, 6.45) is 1.29. The highest BCUT2D eigenvalue weighted by atomic mass is 16.4. The molecule has 0 bridgehead atoms. The number of primary amides is 1. The van der Waals surface area contributed by atoms with Gasteiger partial charge in [-0.25, -0.2) is 0 Å². The first kappa shape index (κ1) is 14.4. The van der Waals surface area contributed by atoms with Crippen molar-refractivity contribution in [3.63, 3.8) is 0 Å². The van der Waals surface area contributed by atoms with Crippen LogP contribution in [0.4, 0.5) is 5.69 Å². The number of hydrogen-bond donors (Lipinski definition) is 2. The zero-order valence-electron chi connectivity index (χ0n) is 11.8. The molecule has 1 aliphatic rings. The molecule has 1 amide bonds. The standard InChI is InChI=1S/C15H20N2O3/c1-9-7-12(3-4-13(9)14(16)18)17-6-5-11(15(19)20)8-10(17)2/h3-4,7,10-11H,5-6,8H2,1-2H3,(H2,16,18)(H,19,20). The molecule has 5 heteroatoms. The van der Waals surface area contributed by atoms with Gasteiger partial charge in [0.2, 0.25) is 5.91 Å². The van der Waals surface area contributed by atoms with Crippen LogP contribution in [0.3, 0.4) is 0 Å². The lowest BCUT2D eigenvalue weighted by atomic mass is 9.91. The Hall–Kier alpha value is -2.04. The monoisotopic (exact) mass is 276 g/mol. The molecule has 0 aliphatic carbocycles. The molecular formula is C15H20N2O3. The van der Waals surface area contributed by atoms with E-state index in [1.54, 1.807) is 6.07 Å². The Morgan fingerprint density at radius 3 is 2.60 bits per heavy atom. The molecular weight excluding hydrogens is 256 g/mol. The molecule has 1 aromatic carbocycles. The minimum Gasteiger partial charge on any atom is -0.481 e. The first-order valence-electron chi connectivity index (χ1n) is 6.80. The molecule has 0 spiro atoms. The van der Waals surface area contributed by atoms with Gasteiger partial charge in [-0.1, -0.05) is 0 Å². The number of nitrogens with zero attached hydrogens (tertiary/aromatic N) is 1. The number of carboxylic acid groups (broad SMARTS) is 1. The van der Waals surface area contributed by atoms with Crippen molar-refractivity contribution in [2.45, 2.75) is 32.7 Å². The van der Waals surface area contributed by atoms with Crippen LogP contribution in [0.15, 0.2) is 18.2 Å². The number of nitrogens with two attached hydrogens (primary N) is 1. The van der Waals surface area contributed by atoms with Gasteiger partial charge in [0.15, 0.2) is 0 Å². The molecule has 3 N–H and O–H groups in total. The van der Waals surface area contributed by atoms with E-state index < -0.39 is 11.9 Å². The molecule has 1 aromatic rings. The summed E-state index contributed by atoms with van der Waals surface area (Å²) in [5.74, 6) is -1.39. The summed E-state index contributed by atoms with van der Waals surface area (Å²) in [6.45, 7) is 4.61. The summed E-state index contributed by atoms with van der Waals surface area (Å²) >= 11 is 0. The number of carbonyl (C=O) groups is 2. The lowest BCUT2D eigenvalue weighted by Crippen LogP contribution is -2.42. The van der Waals surface area contributed by atoms with E-state index in [0.29, 0.717) is 24.9 Å². The van der Waals surface area contributed by atoms with Crippen molar-refractivity contribution >= 4 is 17.6 Å². The molecule has 1 aliphatic heterocycles. The van der Waals surface area contributed by atoms with Gasteiger partial charge >= 0.3 is 5.97 Å². The second kappa shape index (κ2) is 5.53. The van der Waals surface area contributed by atoms with Crippen LogP contribution < -0.4 is 10.6 Å². The lowest BCUT2D eigenvalue weighted by molar-refractivity contribution is -0.142. The second-order valence-corrected chi connectivity index (χ2v) is 5.47. The number of carboxylic acids is 1. The van der Waals surface area contributed by atoms with E-state index in [9.17, 15) is 9.59 Å². The third kappa shape index (κ3) is 2.76. The molecule has 1 fully saturated rings. The third-order valence-electron chi connectivity index (χ3n) is 4.03. The molecule has 1 heterocycles. The zero-order valence-corrected chi connectivity index (χ0v) is 11.8. The number of hydrogen-bond acceptors (Lipinski definition) is 3. The number of anilines is 1. The van der Waals surface area contributed by atoms with Gasteiger partial charge in [-0.3, -0.25) is 9.59 Å². The second-order valence-electron chi connectivity index (χ2n) is 5.47. The maximum Gasteiger partial charge on any atom is 0.306 e. The van der Waals surface area contributed by atoms with Gasteiger partial charge in [0, 0.05) is 23.8 Å². The largest absolute Gasteiger partial charge is 0.481 e. The van der Waals surface area contributed by atoms with Crippen molar-refractivity contribution in [1.82, 2.24) is 0 Å². The summed E-state index contributed by atoms with van der Waals surface area (Å²) in [5, 5.41) is 9.08. The van der Waals surface area contributed by atoms with E-state index in [-0.39, 0.29) is 12.0 Å². The van der Waals surface area contributed by atoms with E-state index in [1.165, 1.54) is 0 Å². The summed E-state index contributed by atoms with van der Waals surface area (Å²) in [6, 6.07) is 5.73. The molecule has 20 heavy (non-hydrogen) atoms. The Labute approximate surface area is 118 Å². The van der Waals surface area contributed by atoms with E-state index >= 15 is 0 Å². The minimum atomic E-state index is -0.711. The fourth-order valence-corrected chi connectivity index (χ4v) is 2.88. The van der Waals surface area contributed by atoms with Crippen LogP contribution in [0.5, 0.6) is 0 Å². The normalized spacial score (nSPS) is 22.6. The smallest absolute Gasteiger partial charge is 0.306 e. The average molecular weight is 276 g/mol. The van der Waals surface area contributed by atoms with Crippen molar-refractivity contribution in [2.24, 2.45) is 11.7 Å². The quantitative estimate of drug-likeness (QED) is 0.881. The highest BCUT2D eigenvalue weighted by Gasteiger charge is 2.29. The molecule has 0 saturated carbocycles. The molecule has 5 nitrogen and oxygen atoms in total. The van der Waals surface area contributed by atoms with Gasteiger partial charge in [0.1, 0.15) is 0 Å². The predicted octanol–water partition coefficient (Wildman–Crippen LogP) is 1.78. The number of rotatable bonds is 3. The molecule has 2 atom stereocenters. The van der Waals surface area contributed by atoms with Gasteiger partial charge < -0.3 is 15.7 Å². The highest BCUT2D eigenvalue weighted by Crippen LogP contribution is 2.29. The van der Waals surface area contributed by atoms with E-state index in [4.69, 9.17) is 10.8 Å². The maximum absolute atomic E-state index is 11.2. The summed E-state index contributed by atoms with van der Waals surface area (Å²) in [5.41, 5.74) is 7.70. The highest BCUT2D eigenvalue weighted by molar-refractivity contribution is 5.94. The zero-order chi connectivity index (χ0) is 14.9. The molecule has 1 saturated heterocycles. The SMILES string of the molecule is Cc1cc(N2CCC(C(=O)O)CC2C)ccc1C(N)=O. The Bertz CT molecular complexity index is 542. The van der Waals surface area contributed by atoms with Gasteiger partial charge in [0.05, 0.1) is 5.92 Å². The molecule has 2 unspecified atom stereocenters. The van der Waals surface area contributed by atoms with Crippen molar-refractivity contribution in [3.05, 3.63) is 29.3 Å². The lowest BCUT2D eigenvalue weighted by Gasteiger charge is -2.38. The van der Waals surface area contributed by atoms with Crippen LogP contribution in [0.2, 0.25) is 0 Å². The third-order valence-corrected chi connectivity index (χ3v) is 4.03. The summed E-state index contributed by atoms with van der Waals surface area (Å²) in [4.78, 5) is 24.5. The van der Waals surface area contributed by atoms with Gasteiger partial charge in [-0.05, 0) is 50.5 Å². The van der Waals surface area contributed by atoms with E-state index in [1.807, 2.05) is 26.0 Å². The van der Waals surface area contributed by atoms with E-state index in [2.05, 4.69) is 4.90 Å². The van der Waals surface area contributed by atoms with Crippen molar-refractivity contribution < 1.29 is 14.7 Å². The number of carbonyl (C=O) groups excluding carboxylic acids is 1. The van der Waals surface area contributed by atoms with Crippen LogP contribution in [0.1, 0.15) is 35.7 Å². The number of aliphatic carboxylic acids is 1. The van der Waals surface area contributed by atoms with Gasteiger partial charge in [-0.2, -0.15) is 0 Å². The Morgan fingerprint density at radius 1 is 1.40 bits per heavy atom. The van der Waals surface area contributed by atoms with Crippen LogP contribution in [0, 0.1) is 12.8 Å². The predicted molar refractivity (Wildman–Crippen MR) is 76.9 cm³/mol. The Kier molecular flexibility index (Phi) is 3.97. The Balaban J connectivity index is 2.19. The van der Waals surface area contributed by atoms with E-state index in [0.717, 1.165) is 11.3 Å². The van der Waals surface area contributed by atoms with Crippen LogP contribution in [0.25, 0.3) is 0 Å². The summed E-state index contributed by atoms with van der Waals surface area (Å²) < 4.78 is 0. The van der Waals surface area contributed by atoms with Gasteiger partial charge in [0.25, 0.3) is 0 Å². The van der Waals surface area contributed by atoms with Crippen molar-refractivity contribution in [3.8, 4) is 0 Å². The fraction of sp³-hybridized carbons (Fsp3) is 0.467. The Morgan fingerprint density at radius 2 is 2.10 bits per heavy atom. The number of amides is 1. The molecule has 0 radical (unpaired) electrons. The maximum atomic E-state index is 11.2. The molecule has 0 aromatic heterocycles. The van der Waals surface area contributed by atoms with Crippen LogP contribution >= 0.6 is 0 Å². The number of benzene rings is 1. The molecule has 108 valence electrons. The van der Waals surface area contributed by atoms with Gasteiger partial charge in [-0.15, -0.1) is 0 Å². The average Bonchev–Trinajstić information content (AvgIpc) is 2.37. The molecule has 2 rings (SSSR count). The number of piperidine rings is 1. The minimum absolute atomic E-state index is 0.170. The summed E-state index contributed by atoms with van der Waals surface area (Å²) in [7, 11) is 0. The van der Waals surface area contributed by atoms with Crippen LogP contribution in [-0.4, -0.2) is 29.6 Å². The number of aryl methyl sites for hydroxylation is 1. The fourth-order valence-electron chi connectivity index (χ4n) is 2.88.